The molecule has 0 bridgehead atoms. The van der Waals surface area contributed by atoms with Crippen LogP contribution in [0.2, 0.25) is 5.02 Å². The molecule has 4 aromatic rings. The van der Waals surface area contributed by atoms with Gasteiger partial charge in [0.2, 0.25) is 0 Å². The fraction of sp³-hybridized carbons (Fsp3) is 0.136. The number of aromatic nitrogens is 4. The molecule has 0 atom stereocenters. The molecule has 0 spiro atoms. The summed E-state index contributed by atoms with van der Waals surface area (Å²) >= 11 is 7.03. The van der Waals surface area contributed by atoms with Crippen LogP contribution in [0.25, 0.3) is 22.4 Å². The number of rotatable bonds is 5. The fourth-order valence-electron chi connectivity index (χ4n) is 3.10. The van der Waals surface area contributed by atoms with Crippen LogP contribution in [0, 0.1) is 0 Å². The average molecular weight is 453 g/mol. The van der Waals surface area contributed by atoms with Gasteiger partial charge in [-0.05, 0) is 24.3 Å². The molecule has 7 nitrogen and oxygen atoms in total. The van der Waals surface area contributed by atoms with E-state index >= 15 is 0 Å². The molecule has 2 aromatic carbocycles. The Labute approximate surface area is 186 Å². The van der Waals surface area contributed by atoms with Crippen LogP contribution in [0.15, 0.2) is 69.2 Å². The minimum atomic E-state index is -0.501. The molecule has 0 saturated carbocycles. The van der Waals surface area contributed by atoms with Gasteiger partial charge >= 0.3 is 5.69 Å². The van der Waals surface area contributed by atoms with E-state index in [0.29, 0.717) is 21.4 Å². The van der Waals surface area contributed by atoms with Crippen LogP contribution >= 0.6 is 23.4 Å². The molecular formula is C22H17ClN4O3S. The topological polar surface area (TPSA) is 86.8 Å². The molecule has 0 unspecified atom stereocenters. The minimum Gasteiger partial charge on any atom is -0.293 e. The van der Waals surface area contributed by atoms with E-state index in [1.54, 1.807) is 31.3 Å². The second-order valence-corrected chi connectivity index (χ2v) is 8.24. The third kappa shape index (κ3) is 4.04. The van der Waals surface area contributed by atoms with E-state index in [0.717, 1.165) is 21.9 Å². The number of benzene rings is 2. The molecule has 0 fully saturated rings. The van der Waals surface area contributed by atoms with Crippen molar-refractivity contribution in [2.75, 3.05) is 5.75 Å². The largest absolute Gasteiger partial charge is 0.332 e. The Balaban J connectivity index is 1.84. The first-order chi connectivity index (χ1) is 14.9. The van der Waals surface area contributed by atoms with Crippen molar-refractivity contribution in [3.8, 4) is 11.4 Å². The van der Waals surface area contributed by atoms with Crippen LogP contribution in [0.3, 0.4) is 0 Å². The van der Waals surface area contributed by atoms with E-state index in [2.05, 4.69) is 9.97 Å². The van der Waals surface area contributed by atoms with Crippen molar-refractivity contribution < 1.29 is 4.79 Å². The monoisotopic (exact) mass is 452 g/mol. The number of halogens is 1. The van der Waals surface area contributed by atoms with Gasteiger partial charge in [-0.2, -0.15) is 0 Å². The zero-order valence-electron chi connectivity index (χ0n) is 16.7. The molecule has 4 rings (SSSR count). The highest BCUT2D eigenvalue weighted by Crippen LogP contribution is 2.26. The Morgan fingerprint density at radius 2 is 1.65 bits per heavy atom. The second kappa shape index (κ2) is 8.49. The predicted octanol–water partition coefficient (Wildman–Crippen LogP) is 3.32. The zero-order valence-corrected chi connectivity index (χ0v) is 18.3. The maximum Gasteiger partial charge on any atom is 0.332 e. The summed E-state index contributed by atoms with van der Waals surface area (Å²) in [5, 5.41) is 1.10. The number of thioether (sulfide) groups is 1. The maximum atomic E-state index is 12.9. The van der Waals surface area contributed by atoms with Crippen molar-refractivity contribution in [2.24, 2.45) is 14.1 Å². The molecule has 0 aliphatic carbocycles. The Morgan fingerprint density at radius 1 is 0.968 bits per heavy atom. The van der Waals surface area contributed by atoms with Crippen LogP contribution in [-0.4, -0.2) is 30.6 Å². The SMILES string of the molecule is Cn1c(=O)c2c(SCC(=O)c3ccc(Cl)cc3)nc(-c3ccccc3)nc2n(C)c1=O. The fourth-order valence-corrected chi connectivity index (χ4v) is 4.14. The van der Waals surface area contributed by atoms with Gasteiger partial charge in [0.05, 0.1) is 5.75 Å². The van der Waals surface area contributed by atoms with E-state index in [4.69, 9.17) is 11.6 Å². The second-order valence-electron chi connectivity index (χ2n) is 6.84. The zero-order chi connectivity index (χ0) is 22.1. The number of Topliss-reactive ketones (excluding diaryl/α,β-unsaturated/α-hetero) is 1. The first kappa shape index (κ1) is 21.0. The van der Waals surface area contributed by atoms with E-state index < -0.39 is 11.2 Å². The number of hydrogen-bond acceptors (Lipinski definition) is 6. The Hall–Kier alpha value is -3.23. The van der Waals surface area contributed by atoms with E-state index in [1.807, 2.05) is 30.3 Å². The van der Waals surface area contributed by atoms with Gasteiger partial charge < -0.3 is 0 Å². The highest BCUT2D eigenvalue weighted by Gasteiger charge is 2.19. The Morgan fingerprint density at radius 3 is 2.32 bits per heavy atom. The smallest absolute Gasteiger partial charge is 0.293 e. The molecule has 0 aliphatic heterocycles. The number of nitrogens with zero attached hydrogens (tertiary/aromatic N) is 4. The molecule has 0 amide bonds. The van der Waals surface area contributed by atoms with Gasteiger partial charge in [0.25, 0.3) is 5.56 Å². The van der Waals surface area contributed by atoms with Gasteiger partial charge in [-0.1, -0.05) is 53.7 Å². The molecule has 9 heteroatoms. The molecule has 2 aromatic heterocycles. The summed E-state index contributed by atoms with van der Waals surface area (Å²) in [6.07, 6.45) is 0. The average Bonchev–Trinajstić information content (AvgIpc) is 2.80. The number of aryl methyl sites for hydroxylation is 1. The van der Waals surface area contributed by atoms with E-state index in [1.165, 1.54) is 11.6 Å². The third-order valence-electron chi connectivity index (χ3n) is 4.80. The highest BCUT2D eigenvalue weighted by molar-refractivity contribution is 8.00. The Kier molecular flexibility index (Phi) is 5.75. The van der Waals surface area contributed by atoms with Gasteiger partial charge in [0.15, 0.2) is 17.3 Å². The van der Waals surface area contributed by atoms with Crippen LogP contribution < -0.4 is 11.2 Å². The number of ketones is 1. The number of carbonyl (C=O) groups excluding carboxylic acids is 1. The molecule has 0 saturated heterocycles. The summed E-state index contributed by atoms with van der Waals surface area (Å²) in [6.45, 7) is 0. The van der Waals surface area contributed by atoms with Gasteiger partial charge in [-0.25, -0.2) is 14.8 Å². The summed E-state index contributed by atoms with van der Waals surface area (Å²) in [5.74, 6) is 0.308. The van der Waals surface area contributed by atoms with Gasteiger partial charge in [0.1, 0.15) is 10.4 Å². The first-order valence-corrected chi connectivity index (χ1v) is 10.7. The normalized spacial score (nSPS) is 11.1. The van der Waals surface area contributed by atoms with Crippen molar-refractivity contribution in [3.05, 3.63) is 86.0 Å². The number of carbonyl (C=O) groups is 1. The molecular weight excluding hydrogens is 436 g/mol. The van der Waals surface area contributed by atoms with Crippen molar-refractivity contribution >= 4 is 40.2 Å². The maximum absolute atomic E-state index is 12.9. The Bertz CT molecular complexity index is 1410. The predicted molar refractivity (Wildman–Crippen MR) is 122 cm³/mol. The lowest BCUT2D eigenvalue weighted by Crippen LogP contribution is -2.37. The summed E-state index contributed by atoms with van der Waals surface area (Å²) in [7, 11) is 2.96. The summed E-state index contributed by atoms with van der Waals surface area (Å²) in [4.78, 5) is 47.0. The lowest BCUT2D eigenvalue weighted by Gasteiger charge is -2.12. The lowest BCUT2D eigenvalue weighted by atomic mass is 10.1. The van der Waals surface area contributed by atoms with Gasteiger partial charge in [-0.3, -0.25) is 18.7 Å². The molecule has 0 aliphatic rings. The van der Waals surface area contributed by atoms with Crippen LogP contribution in [0.1, 0.15) is 10.4 Å². The van der Waals surface area contributed by atoms with Crippen molar-refractivity contribution in [2.45, 2.75) is 5.03 Å². The number of hydrogen-bond donors (Lipinski definition) is 0. The van der Waals surface area contributed by atoms with Gasteiger partial charge in [-0.15, -0.1) is 0 Å². The summed E-state index contributed by atoms with van der Waals surface area (Å²) in [6, 6.07) is 15.9. The van der Waals surface area contributed by atoms with Crippen LogP contribution in [0.4, 0.5) is 0 Å². The van der Waals surface area contributed by atoms with Gasteiger partial charge in [0, 0.05) is 30.2 Å². The molecule has 2 heterocycles. The lowest BCUT2D eigenvalue weighted by molar-refractivity contribution is 0.102. The highest BCUT2D eigenvalue weighted by atomic mass is 35.5. The quantitative estimate of drug-likeness (QED) is 0.262. The van der Waals surface area contributed by atoms with E-state index in [-0.39, 0.29) is 22.6 Å². The van der Waals surface area contributed by atoms with Crippen LogP contribution in [-0.2, 0) is 14.1 Å². The van der Waals surface area contributed by atoms with Crippen molar-refractivity contribution in [3.63, 3.8) is 0 Å². The molecule has 0 radical (unpaired) electrons. The number of fused-ring (bicyclic) bond motifs is 1. The standard InChI is InChI=1S/C22H17ClN4O3S/c1-26-19-17(21(29)27(2)22(26)30)20(25-18(24-19)14-6-4-3-5-7-14)31-12-16(28)13-8-10-15(23)11-9-13/h3-11H,12H2,1-2H3. The van der Waals surface area contributed by atoms with Crippen LogP contribution in [0.5, 0.6) is 0 Å². The summed E-state index contributed by atoms with van der Waals surface area (Å²) < 4.78 is 2.33. The van der Waals surface area contributed by atoms with Crippen molar-refractivity contribution in [1.82, 2.24) is 19.1 Å². The summed E-state index contributed by atoms with van der Waals surface area (Å²) in [5.41, 5.74) is 0.494. The van der Waals surface area contributed by atoms with Crippen molar-refractivity contribution in [1.29, 1.82) is 0 Å². The van der Waals surface area contributed by atoms with E-state index in [9.17, 15) is 14.4 Å². The molecule has 31 heavy (non-hydrogen) atoms. The molecule has 0 N–H and O–H groups in total. The third-order valence-corrected chi connectivity index (χ3v) is 6.03. The molecule has 156 valence electrons. The first-order valence-electron chi connectivity index (χ1n) is 9.31. The minimum absolute atomic E-state index is 0.0635.